The zero-order valence-electron chi connectivity index (χ0n) is 11.6. The zero-order chi connectivity index (χ0) is 15.1. The van der Waals surface area contributed by atoms with Crippen LogP contribution in [0.4, 0.5) is 0 Å². The van der Waals surface area contributed by atoms with Crippen molar-refractivity contribution in [2.45, 2.75) is 26.0 Å². The lowest BCUT2D eigenvalue weighted by atomic mass is 9.98. The second-order valence-electron chi connectivity index (χ2n) is 5.30. The highest BCUT2D eigenvalue weighted by molar-refractivity contribution is 6.32. The Kier molecular flexibility index (Phi) is 3.23. The van der Waals surface area contributed by atoms with Crippen LogP contribution in [0.2, 0.25) is 0 Å². The molecule has 0 spiro atoms. The fourth-order valence-electron chi connectivity index (χ4n) is 2.37. The van der Waals surface area contributed by atoms with Gasteiger partial charge in [-0.15, -0.1) is 0 Å². The van der Waals surface area contributed by atoms with Crippen molar-refractivity contribution in [3.63, 3.8) is 0 Å². The smallest absolute Gasteiger partial charge is 0.264 e. The van der Waals surface area contributed by atoms with E-state index in [9.17, 15) is 4.79 Å². The van der Waals surface area contributed by atoms with E-state index in [0.717, 1.165) is 5.56 Å². The summed E-state index contributed by atoms with van der Waals surface area (Å²) in [5.74, 6) is 0.687. The number of benzene rings is 1. The van der Waals surface area contributed by atoms with Gasteiger partial charge in [-0.1, -0.05) is 31.5 Å². The summed E-state index contributed by atoms with van der Waals surface area (Å²) in [6.45, 7) is 4.14. The van der Waals surface area contributed by atoms with Gasteiger partial charge in [-0.25, -0.2) is 0 Å². The number of halogens is 1. The molecule has 0 saturated heterocycles. The summed E-state index contributed by atoms with van der Waals surface area (Å²) in [4.78, 5) is 14.0. The van der Waals surface area contributed by atoms with E-state index in [0.29, 0.717) is 22.8 Å². The minimum absolute atomic E-state index is 0.171. The molecule has 2 heterocycles. The van der Waals surface area contributed by atoms with Crippen molar-refractivity contribution >= 4 is 17.5 Å². The third kappa shape index (κ3) is 2.20. The van der Waals surface area contributed by atoms with Gasteiger partial charge >= 0.3 is 0 Å². The van der Waals surface area contributed by atoms with Crippen LogP contribution in [-0.2, 0) is 0 Å². The Hall–Kier alpha value is -2.25. The maximum absolute atomic E-state index is 12.6. The molecule has 1 unspecified atom stereocenters. The Morgan fingerprint density at radius 3 is 2.86 bits per heavy atom. The van der Waals surface area contributed by atoms with E-state index in [1.807, 2.05) is 18.2 Å². The Balaban J connectivity index is 2.06. The summed E-state index contributed by atoms with van der Waals surface area (Å²) >= 11 is 6.00. The van der Waals surface area contributed by atoms with Gasteiger partial charge in [-0.05, 0) is 29.7 Å². The average molecular weight is 301 g/mol. The monoisotopic (exact) mass is 300 g/mol. The lowest BCUT2D eigenvalue weighted by Gasteiger charge is -2.35. The first-order valence-electron chi connectivity index (χ1n) is 6.64. The highest BCUT2D eigenvalue weighted by Gasteiger charge is 2.35. The van der Waals surface area contributed by atoms with Gasteiger partial charge in [0.1, 0.15) is 11.8 Å². The van der Waals surface area contributed by atoms with Crippen LogP contribution in [0.25, 0.3) is 0 Å². The highest BCUT2D eigenvalue weighted by Crippen LogP contribution is 2.35. The maximum Gasteiger partial charge on any atom is 0.264 e. The number of hydrogen-bond donors (Lipinski definition) is 0. The molecule has 0 aromatic heterocycles. The van der Waals surface area contributed by atoms with Crippen LogP contribution in [0.1, 0.15) is 35.7 Å². The molecule has 21 heavy (non-hydrogen) atoms. The maximum atomic E-state index is 12.6. The number of nitrogens with zero attached hydrogens (tertiary/aromatic N) is 2. The number of rotatable bonds is 1. The molecule has 3 rings (SSSR count). The predicted molar refractivity (Wildman–Crippen MR) is 78.7 cm³/mol. The molecule has 1 amide bonds. The van der Waals surface area contributed by atoms with E-state index in [4.69, 9.17) is 21.6 Å². The zero-order valence-corrected chi connectivity index (χ0v) is 12.4. The largest absolute Gasteiger partial charge is 0.466 e. The molecule has 1 aromatic carbocycles. The van der Waals surface area contributed by atoms with E-state index in [2.05, 4.69) is 13.8 Å². The first-order chi connectivity index (χ1) is 10.0. The second kappa shape index (κ2) is 4.94. The quantitative estimate of drug-likeness (QED) is 0.797. The van der Waals surface area contributed by atoms with Gasteiger partial charge in [0.25, 0.3) is 5.91 Å². The Morgan fingerprint density at radius 2 is 2.19 bits per heavy atom. The highest BCUT2D eigenvalue weighted by atomic mass is 35.5. The predicted octanol–water partition coefficient (Wildman–Crippen LogP) is 3.51. The van der Waals surface area contributed by atoms with Gasteiger partial charge in [0.05, 0.1) is 16.2 Å². The van der Waals surface area contributed by atoms with E-state index >= 15 is 0 Å². The van der Waals surface area contributed by atoms with Crippen LogP contribution in [0.3, 0.4) is 0 Å². The normalized spacial score (nSPS) is 20.0. The van der Waals surface area contributed by atoms with E-state index in [-0.39, 0.29) is 10.9 Å². The Bertz CT molecular complexity index is 728. The van der Waals surface area contributed by atoms with Crippen LogP contribution < -0.4 is 4.74 Å². The van der Waals surface area contributed by atoms with Crippen LogP contribution in [0.5, 0.6) is 5.75 Å². The summed E-state index contributed by atoms with van der Waals surface area (Å²) in [6.07, 6.45) is 2.39. The summed E-state index contributed by atoms with van der Waals surface area (Å²) in [5, 5.41) is 9.25. The van der Waals surface area contributed by atoms with Gasteiger partial charge in [0.15, 0.2) is 6.23 Å². The van der Waals surface area contributed by atoms with Crippen molar-refractivity contribution in [3.05, 3.63) is 52.2 Å². The number of fused-ring (bicyclic) bond motifs is 2. The van der Waals surface area contributed by atoms with Crippen LogP contribution in [-0.4, -0.2) is 17.0 Å². The van der Waals surface area contributed by atoms with Gasteiger partial charge in [-0.2, -0.15) is 5.26 Å². The summed E-state index contributed by atoms with van der Waals surface area (Å²) < 4.78 is 5.80. The Morgan fingerprint density at radius 1 is 1.43 bits per heavy atom. The van der Waals surface area contributed by atoms with Crippen molar-refractivity contribution in [2.24, 2.45) is 0 Å². The molecule has 0 radical (unpaired) electrons. The number of amides is 1. The fourth-order valence-corrected chi connectivity index (χ4v) is 2.58. The molecule has 4 nitrogen and oxygen atoms in total. The molecule has 1 aromatic rings. The van der Waals surface area contributed by atoms with Crippen LogP contribution in [0.15, 0.2) is 41.1 Å². The summed E-state index contributed by atoms with van der Waals surface area (Å²) in [6, 6.07) is 7.60. The molecule has 0 N–H and O–H groups in total. The first-order valence-corrected chi connectivity index (χ1v) is 7.02. The van der Waals surface area contributed by atoms with Crippen molar-refractivity contribution in [2.75, 3.05) is 0 Å². The molecular formula is C16H13ClN2O2. The first kappa shape index (κ1) is 13.7. The third-order valence-electron chi connectivity index (χ3n) is 3.60. The fraction of sp³-hybridized carbons (Fsp3) is 0.250. The van der Waals surface area contributed by atoms with Crippen molar-refractivity contribution in [1.29, 1.82) is 5.26 Å². The van der Waals surface area contributed by atoms with Crippen LogP contribution >= 0.6 is 11.6 Å². The lowest BCUT2D eigenvalue weighted by Crippen LogP contribution is -2.44. The number of ether oxygens (including phenoxy) is 1. The van der Waals surface area contributed by atoms with Gasteiger partial charge in [0, 0.05) is 6.20 Å². The Labute approximate surface area is 127 Å². The number of carbonyl (C=O) groups is 1. The van der Waals surface area contributed by atoms with Crippen molar-refractivity contribution < 1.29 is 9.53 Å². The molecule has 0 aliphatic carbocycles. The van der Waals surface area contributed by atoms with Crippen LogP contribution in [0, 0.1) is 11.3 Å². The van der Waals surface area contributed by atoms with Gasteiger partial charge < -0.3 is 4.74 Å². The topological polar surface area (TPSA) is 53.3 Å². The number of carbonyl (C=O) groups excluding carboxylic acids is 1. The molecule has 1 atom stereocenters. The van der Waals surface area contributed by atoms with E-state index in [1.54, 1.807) is 12.1 Å². The van der Waals surface area contributed by atoms with Gasteiger partial charge in [-0.3, -0.25) is 9.69 Å². The minimum Gasteiger partial charge on any atom is -0.466 e. The average Bonchev–Trinajstić information content (AvgIpc) is 2.47. The molecule has 2 aliphatic rings. The van der Waals surface area contributed by atoms with Gasteiger partial charge in [0.2, 0.25) is 0 Å². The lowest BCUT2D eigenvalue weighted by molar-refractivity contribution is 0.0460. The molecule has 0 fully saturated rings. The molecular weight excluding hydrogens is 288 g/mol. The minimum atomic E-state index is -0.618. The molecule has 106 valence electrons. The number of hydrogen-bond acceptors (Lipinski definition) is 3. The van der Waals surface area contributed by atoms with E-state index < -0.39 is 6.23 Å². The molecule has 2 aliphatic heterocycles. The standard InChI is InChI=1S/C16H13ClN2O2/c1-9(2)10-3-4-14-12(5-10)16(20)19-8-13(17)11(7-18)6-15(19)21-14/h3-6,8-9,15H,1-2H3. The third-order valence-corrected chi connectivity index (χ3v) is 3.90. The molecule has 0 bridgehead atoms. The van der Waals surface area contributed by atoms with Crippen molar-refractivity contribution in [3.8, 4) is 11.8 Å². The van der Waals surface area contributed by atoms with Crippen molar-refractivity contribution in [1.82, 2.24) is 4.90 Å². The molecule has 0 saturated carbocycles. The number of nitriles is 1. The molecule has 5 heteroatoms. The summed E-state index contributed by atoms with van der Waals surface area (Å²) in [7, 11) is 0. The summed E-state index contributed by atoms with van der Waals surface area (Å²) in [5.41, 5.74) is 1.91. The second-order valence-corrected chi connectivity index (χ2v) is 5.71. The van der Waals surface area contributed by atoms with E-state index in [1.165, 1.54) is 11.1 Å². The SMILES string of the molecule is CC(C)c1ccc2c(c1)C(=O)N1C=C(Cl)C(C#N)=CC1O2. The number of allylic oxidation sites excluding steroid dienone is 2.